The zero-order valence-corrected chi connectivity index (χ0v) is 15.2. The molecule has 0 aromatic carbocycles. The molecule has 1 aliphatic carbocycles. The quantitative estimate of drug-likeness (QED) is 0.853. The van der Waals surface area contributed by atoms with Gasteiger partial charge in [0.1, 0.15) is 0 Å². The highest BCUT2D eigenvalue weighted by Gasteiger charge is 2.36. The molecule has 2 aliphatic heterocycles. The molecule has 3 aliphatic rings. The molecule has 5 nitrogen and oxygen atoms in total. The third-order valence-electron chi connectivity index (χ3n) is 6.19. The van der Waals surface area contributed by atoms with E-state index in [1.165, 1.54) is 50.9 Å². The maximum atomic E-state index is 5.70. The second-order valence-electron chi connectivity index (χ2n) is 7.87. The Morgan fingerprint density at radius 3 is 2.88 bits per heavy atom. The maximum absolute atomic E-state index is 5.70. The summed E-state index contributed by atoms with van der Waals surface area (Å²) in [6.07, 6.45) is 8.44. The van der Waals surface area contributed by atoms with E-state index in [4.69, 9.17) is 4.74 Å². The van der Waals surface area contributed by atoms with Gasteiger partial charge in [0.2, 0.25) is 0 Å². The van der Waals surface area contributed by atoms with Gasteiger partial charge in [-0.15, -0.1) is 0 Å². The Hall–Kier alpha value is -1.01. The molecule has 3 fully saturated rings. The third kappa shape index (κ3) is 4.59. The summed E-state index contributed by atoms with van der Waals surface area (Å²) in [6.45, 7) is 6.12. The van der Waals surface area contributed by atoms with Gasteiger partial charge in [-0.3, -0.25) is 9.88 Å². The van der Waals surface area contributed by atoms with Gasteiger partial charge in [0.05, 0.1) is 18.9 Å². The standard InChI is InChI=1S/C20H32N4O/c1-2-9-21-17(4-1)14-24-11-7-16(8-12-24)23-19-6-3-5-18(19)20-15-25-13-10-22-20/h1-2,4,9,16,18-20,22-23H,3,5-8,10-15H2. The van der Waals surface area contributed by atoms with Crippen molar-refractivity contribution in [3.8, 4) is 0 Å². The van der Waals surface area contributed by atoms with Crippen molar-refractivity contribution in [2.45, 2.75) is 56.8 Å². The summed E-state index contributed by atoms with van der Waals surface area (Å²) in [7, 11) is 0. The van der Waals surface area contributed by atoms with Crippen molar-refractivity contribution in [3.63, 3.8) is 0 Å². The van der Waals surface area contributed by atoms with Crippen LogP contribution in [0.5, 0.6) is 0 Å². The first-order valence-corrected chi connectivity index (χ1v) is 10.1. The third-order valence-corrected chi connectivity index (χ3v) is 6.19. The molecule has 0 spiro atoms. The van der Waals surface area contributed by atoms with E-state index in [1.54, 1.807) is 0 Å². The summed E-state index contributed by atoms with van der Waals surface area (Å²) in [6, 6.07) is 8.11. The summed E-state index contributed by atoms with van der Waals surface area (Å²) in [5, 5.41) is 7.69. The van der Waals surface area contributed by atoms with Crippen molar-refractivity contribution in [2.75, 3.05) is 32.8 Å². The van der Waals surface area contributed by atoms with Gasteiger partial charge in [0.15, 0.2) is 0 Å². The summed E-state index contributed by atoms with van der Waals surface area (Å²) in [5.74, 6) is 0.742. The van der Waals surface area contributed by atoms with E-state index in [0.717, 1.165) is 32.2 Å². The second-order valence-corrected chi connectivity index (χ2v) is 7.87. The van der Waals surface area contributed by atoms with E-state index >= 15 is 0 Å². The van der Waals surface area contributed by atoms with Crippen LogP contribution >= 0.6 is 0 Å². The van der Waals surface area contributed by atoms with Gasteiger partial charge in [-0.05, 0) is 43.7 Å². The number of likely N-dealkylation sites (tertiary alicyclic amines) is 1. The molecule has 4 rings (SSSR count). The van der Waals surface area contributed by atoms with Crippen LogP contribution in [0.15, 0.2) is 24.4 Å². The predicted octanol–water partition coefficient (Wildman–Crippen LogP) is 1.79. The summed E-state index contributed by atoms with van der Waals surface area (Å²) < 4.78 is 5.70. The Kier molecular flexibility index (Phi) is 5.98. The fraction of sp³-hybridized carbons (Fsp3) is 0.750. The average Bonchev–Trinajstić information content (AvgIpc) is 3.13. The number of nitrogens with zero attached hydrogens (tertiary/aromatic N) is 2. The minimum Gasteiger partial charge on any atom is -0.379 e. The minimum absolute atomic E-state index is 0.554. The largest absolute Gasteiger partial charge is 0.379 e. The highest BCUT2D eigenvalue weighted by molar-refractivity contribution is 5.03. The first-order valence-electron chi connectivity index (χ1n) is 10.1. The number of hydrogen-bond donors (Lipinski definition) is 2. The number of aromatic nitrogens is 1. The predicted molar refractivity (Wildman–Crippen MR) is 99.4 cm³/mol. The van der Waals surface area contributed by atoms with Crippen molar-refractivity contribution < 1.29 is 4.74 Å². The van der Waals surface area contributed by atoms with Crippen LogP contribution in [0, 0.1) is 5.92 Å². The van der Waals surface area contributed by atoms with Crippen molar-refractivity contribution in [1.29, 1.82) is 0 Å². The fourth-order valence-electron chi connectivity index (χ4n) is 4.82. The SMILES string of the molecule is c1ccc(CN2CCC(NC3CCCC3C3COCCN3)CC2)nc1. The van der Waals surface area contributed by atoms with Crippen molar-refractivity contribution in [3.05, 3.63) is 30.1 Å². The van der Waals surface area contributed by atoms with Crippen molar-refractivity contribution in [1.82, 2.24) is 20.5 Å². The number of nitrogens with one attached hydrogen (secondary N) is 2. The van der Waals surface area contributed by atoms with E-state index in [1.807, 2.05) is 12.3 Å². The van der Waals surface area contributed by atoms with Crippen molar-refractivity contribution in [2.24, 2.45) is 5.92 Å². The zero-order valence-electron chi connectivity index (χ0n) is 15.2. The van der Waals surface area contributed by atoms with Crippen molar-refractivity contribution >= 4 is 0 Å². The molecule has 0 radical (unpaired) electrons. The molecule has 0 bridgehead atoms. The van der Waals surface area contributed by atoms with Gasteiger partial charge in [-0.2, -0.15) is 0 Å². The van der Waals surface area contributed by atoms with Gasteiger partial charge in [-0.25, -0.2) is 0 Å². The molecule has 25 heavy (non-hydrogen) atoms. The molecule has 2 saturated heterocycles. The molecule has 2 N–H and O–H groups in total. The molecule has 3 unspecified atom stereocenters. The average molecular weight is 345 g/mol. The number of piperidine rings is 1. The molecule has 3 atom stereocenters. The van der Waals surface area contributed by atoms with Gasteiger partial charge in [0, 0.05) is 50.5 Å². The first-order chi connectivity index (χ1) is 12.4. The molecule has 1 aromatic heterocycles. The van der Waals surface area contributed by atoms with E-state index < -0.39 is 0 Å². The molecule has 1 aromatic rings. The molecule has 138 valence electrons. The molecule has 1 saturated carbocycles. The number of hydrogen-bond acceptors (Lipinski definition) is 5. The summed E-state index contributed by atoms with van der Waals surface area (Å²) >= 11 is 0. The smallest absolute Gasteiger partial charge is 0.0623 e. The van der Waals surface area contributed by atoms with Crippen LogP contribution < -0.4 is 10.6 Å². The molecule has 0 amide bonds. The lowest BCUT2D eigenvalue weighted by Gasteiger charge is -2.37. The van der Waals surface area contributed by atoms with E-state index in [9.17, 15) is 0 Å². The highest BCUT2D eigenvalue weighted by Crippen LogP contribution is 2.30. The number of pyridine rings is 1. The van der Waals surface area contributed by atoms with E-state index in [2.05, 4.69) is 32.7 Å². The Morgan fingerprint density at radius 1 is 1.20 bits per heavy atom. The molecule has 5 heteroatoms. The van der Waals surface area contributed by atoms with E-state index in [0.29, 0.717) is 18.1 Å². The topological polar surface area (TPSA) is 49.4 Å². The summed E-state index contributed by atoms with van der Waals surface area (Å²) in [4.78, 5) is 7.01. The number of ether oxygens (including phenoxy) is 1. The zero-order chi connectivity index (χ0) is 16.9. The van der Waals surface area contributed by atoms with Crippen LogP contribution in [0.3, 0.4) is 0 Å². The summed E-state index contributed by atoms with van der Waals surface area (Å²) in [5.41, 5.74) is 1.19. The van der Waals surface area contributed by atoms with Gasteiger partial charge < -0.3 is 15.4 Å². The Labute approximate surface area is 151 Å². The molecular formula is C20H32N4O. The normalized spacial score (nSPS) is 32.1. The Balaban J connectivity index is 1.24. The lowest BCUT2D eigenvalue weighted by molar-refractivity contribution is 0.0505. The van der Waals surface area contributed by atoms with Crippen LogP contribution in [-0.2, 0) is 11.3 Å². The highest BCUT2D eigenvalue weighted by atomic mass is 16.5. The maximum Gasteiger partial charge on any atom is 0.0623 e. The van der Waals surface area contributed by atoms with Crippen LogP contribution in [0.2, 0.25) is 0 Å². The lowest BCUT2D eigenvalue weighted by Crippen LogP contribution is -2.53. The Bertz CT molecular complexity index is 512. The molecule has 3 heterocycles. The van der Waals surface area contributed by atoms with Crippen LogP contribution in [0.25, 0.3) is 0 Å². The lowest BCUT2D eigenvalue weighted by atomic mass is 9.92. The number of rotatable bonds is 5. The van der Waals surface area contributed by atoms with Crippen LogP contribution in [0.1, 0.15) is 37.8 Å². The molecular weight excluding hydrogens is 312 g/mol. The van der Waals surface area contributed by atoms with Gasteiger partial charge >= 0.3 is 0 Å². The first kappa shape index (κ1) is 17.4. The monoisotopic (exact) mass is 344 g/mol. The number of morpholine rings is 1. The second kappa shape index (κ2) is 8.58. The fourth-order valence-corrected chi connectivity index (χ4v) is 4.82. The van der Waals surface area contributed by atoms with Gasteiger partial charge in [0.25, 0.3) is 0 Å². The van der Waals surface area contributed by atoms with E-state index in [-0.39, 0.29) is 0 Å². The van der Waals surface area contributed by atoms with Crippen LogP contribution in [-0.4, -0.2) is 60.9 Å². The van der Waals surface area contributed by atoms with Gasteiger partial charge in [-0.1, -0.05) is 12.5 Å². The van der Waals surface area contributed by atoms with Crippen LogP contribution in [0.4, 0.5) is 0 Å². The minimum atomic E-state index is 0.554. The Morgan fingerprint density at radius 2 is 2.12 bits per heavy atom.